The number of alkyl halides is 3. The van der Waals surface area contributed by atoms with Gasteiger partial charge in [0.1, 0.15) is 12.3 Å². The maximum Gasteiger partial charge on any atom is 0.405 e. The van der Waals surface area contributed by atoms with Gasteiger partial charge in [0.2, 0.25) is 17.8 Å². The van der Waals surface area contributed by atoms with E-state index in [0.29, 0.717) is 11.4 Å². The topological polar surface area (TPSA) is 145 Å². The Balaban J connectivity index is 1.65. The maximum atomic E-state index is 14.0. The number of nitrogens with two attached hydrogens (primary N) is 1. The summed E-state index contributed by atoms with van der Waals surface area (Å²) < 4.78 is 56.5. The molecule has 15 heteroatoms. The Morgan fingerprint density at radius 3 is 2.61 bits per heavy atom. The second kappa shape index (κ2) is 9.97. The molecular weight excluding hydrogens is 450 g/mol. The average Bonchev–Trinajstić information content (AvgIpc) is 3.13. The van der Waals surface area contributed by atoms with Gasteiger partial charge in [-0.15, -0.1) is 5.10 Å². The summed E-state index contributed by atoms with van der Waals surface area (Å²) in [5, 5.41) is 11.3. The normalized spacial score (nSPS) is 11.2. The Kier molecular flexibility index (Phi) is 7.10. The Morgan fingerprint density at radius 1 is 1.21 bits per heavy atom. The fourth-order valence-corrected chi connectivity index (χ4v) is 2.49. The van der Waals surface area contributed by atoms with Crippen molar-refractivity contribution >= 4 is 29.3 Å². The molecule has 0 radical (unpaired) electrons. The highest BCUT2D eigenvalue weighted by atomic mass is 19.4. The van der Waals surface area contributed by atoms with Crippen molar-refractivity contribution in [2.24, 2.45) is 0 Å². The number of hydrogen-bond acceptors (Lipinski definition) is 9. The van der Waals surface area contributed by atoms with Crippen molar-refractivity contribution in [1.82, 2.24) is 30.0 Å². The summed E-state index contributed by atoms with van der Waals surface area (Å²) in [5.41, 5.74) is 6.51. The first-order chi connectivity index (χ1) is 15.6. The second-order valence-corrected chi connectivity index (χ2v) is 6.49. The van der Waals surface area contributed by atoms with Crippen LogP contribution in [-0.2, 0) is 4.79 Å². The quantitative estimate of drug-likeness (QED) is 0.346. The van der Waals surface area contributed by atoms with Crippen LogP contribution in [0.5, 0.6) is 5.75 Å². The zero-order chi connectivity index (χ0) is 24.0. The molecule has 33 heavy (non-hydrogen) atoms. The highest BCUT2D eigenvalue weighted by Gasteiger charge is 2.27. The van der Waals surface area contributed by atoms with Crippen LogP contribution in [0.2, 0.25) is 0 Å². The van der Waals surface area contributed by atoms with E-state index in [1.54, 1.807) is 36.7 Å². The van der Waals surface area contributed by atoms with Crippen LogP contribution in [0.25, 0.3) is 5.95 Å². The van der Waals surface area contributed by atoms with Crippen molar-refractivity contribution in [3.05, 3.63) is 36.3 Å². The zero-order valence-corrected chi connectivity index (χ0v) is 17.1. The number of halogens is 4. The molecule has 0 unspecified atom stereocenters. The number of hydrogen-bond donors (Lipinski definition) is 4. The SMILES string of the molecule is COc1ccc(Nc2nc(N)n(-c3ncc(F)c(NCCC(=O)NCC(F)(F)F)n3)n2)cc1. The van der Waals surface area contributed by atoms with Gasteiger partial charge in [-0.3, -0.25) is 4.79 Å². The first-order valence-corrected chi connectivity index (χ1v) is 9.38. The third kappa shape index (κ3) is 6.65. The first-order valence-electron chi connectivity index (χ1n) is 9.38. The van der Waals surface area contributed by atoms with Gasteiger partial charge in [0.15, 0.2) is 11.6 Å². The maximum absolute atomic E-state index is 14.0. The number of rotatable bonds is 9. The fourth-order valence-electron chi connectivity index (χ4n) is 2.49. The van der Waals surface area contributed by atoms with Crippen LogP contribution in [0.3, 0.4) is 0 Å². The van der Waals surface area contributed by atoms with Gasteiger partial charge in [0.25, 0.3) is 5.95 Å². The highest BCUT2D eigenvalue weighted by Crippen LogP contribution is 2.20. The molecular formula is C18H19F4N9O2. The molecule has 2 heterocycles. The van der Waals surface area contributed by atoms with Crippen LogP contribution in [0.1, 0.15) is 6.42 Å². The standard InChI is InChI=1S/C18H19F4N9O2/c1-33-11-4-2-10(3-5-11)27-16-29-15(23)31(30-16)17-25-8-12(19)14(28-17)24-7-6-13(32)26-9-18(20,21)22/h2-5,8H,6-7,9H2,1H3,(H,26,32)(H,24,25,28)(H3,23,27,29,30). The molecule has 3 aromatic rings. The predicted molar refractivity (Wildman–Crippen MR) is 110 cm³/mol. The van der Waals surface area contributed by atoms with Gasteiger partial charge >= 0.3 is 6.18 Å². The molecule has 0 bridgehead atoms. The lowest BCUT2D eigenvalue weighted by atomic mass is 10.3. The fraction of sp³-hybridized carbons (Fsp3) is 0.278. The number of ether oxygens (including phenoxy) is 1. The molecule has 0 atom stereocenters. The summed E-state index contributed by atoms with van der Waals surface area (Å²) in [4.78, 5) is 23.3. The Morgan fingerprint density at radius 2 is 1.94 bits per heavy atom. The van der Waals surface area contributed by atoms with Crippen molar-refractivity contribution < 1.29 is 27.1 Å². The molecule has 0 fully saturated rings. The van der Waals surface area contributed by atoms with Crippen molar-refractivity contribution in [3.63, 3.8) is 0 Å². The number of carbonyl (C=O) groups is 1. The Labute approximate surface area is 184 Å². The van der Waals surface area contributed by atoms with Crippen LogP contribution in [0.4, 0.5) is 41.0 Å². The monoisotopic (exact) mass is 469 g/mol. The minimum atomic E-state index is -4.52. The molecule has 0 aliphatic rings. The minimum Gasteiger partial charge on any atom is -0.497 e. The predicted octanol–water partition coefficient (Wildman–Crippen LogP) is 2.01. The van der Waals surface area contributed by atoms with Crippen molar-refractivity contribution in [3.8, 4) is 11.7 Å². The lowest BCUT2D eigenvalue weighted by Crippen LogP contribution is -2.34. The van der Waals surface area contributed by atoms with Gasteiger partial charge < -0.3 is 26.4 Å². The van der Waals surface area contributed by atoms with E-state index in [4.69, 9.17) is 10.5 Å². The summed E-state index contributed by atoms with van der Waals surface area (Å²) in [6.07, 6.45) is -4.00. The van der Waals surface area contributed by atoms with Crippen molar-refractivity contribution in [1.29, 1.82) is 0 Å². The van der Waals surface area contributed by atoms with Gasteiger partial charge in [-0.1, -0.05) is 0 Å². The number of amides is 1. The third-order valence-electron chi connectivity index (χ3n) is 4.03. The molecule has 0 saturated carbocycles. The molecule has 3 rings (SSSR count). The summed E-state index contributed by atoms with van der Waals surface area (Å²) >= 11 is 0. The van der Waals surface area contributed by atoms with Gasteiger partial charge in [0.05, 0.1) is 13.3 Å². The minimum absolute atomic E-state index is 0.0879. The molecule has 0 aliphatic carbocycles. The van der Waals surface area contributed by atoms with E-state index in [9.17, 15) is 22.4 Å². The van der Waals surface area contributed by atoms with Crippen LogP contribution in [0.15, 0.2) is 30.5 Å². The average molecular weight is 469 g/mol. The first kappa shape index (κ1) is 23.5. The highest BCUT2D eigenvalue weighted by molar-refractivity contribution is 5.76. The number of benzene rings is 1. The zero-order valence-electron chi connectivity index (χ0n) is 17.1. The smallest absolute Gasteiger partial charge is 0.405 e. The van der Waals surface area contributed by atoms with Crippen LogP contribution < -0.4 is 26.4 Å². The van der Waals surface area contributed by atoms with Gasteiger partial charge in [-0.05, 0) is 24.3 Å². The largest absolute Gasteiger partial charge is 0.497 e. The molecule has 2 aromatic heterocycles. The van der Waals surface area contributed by atoms with E-state index in [2.05, 4.69) is 30.7 Å². The number of methoxy groups -OCH3 is 1. The summed E-state index contributed by atoms with van der Waals surface area (Å²) in [5.74, 6) is -1.40. The van der Waals surface area contributed by atoms with Crippen molar-refractivity contribution in [2.45, 2.75) is 12.6 Å². The summed E-state index contributed by atoms with van der Waals surface area (Å²) in [6, 6.07) is 6.92. The number of anilines is 4. The van der Waals surface area contributed by atoms with Gasteiger partial charge in [-0.2, -0.15) is 27.8 Å². The summed E-state index contributed by atoms with van der Waals surface area (Å²) in [6.45, 7) is -1.62. The number of nitrogens with zero attached hydrogens (tertiary/aromatic N) is 5. The lowest BCUT2D eigenvalue weighted by molar-refractivity contribution is -0.138. The molecule has 0 saturated heterocycles. The Hall–Kier alpha value is -4.17. The number of carbonyl (C=O) groups excluding carboxylic acids is 1. The van der Waals surface area contributed by atoms with Gasteiger partial charge in [-0.25, -0.2) is 9.37 Å². The molecule has 1 amide bonds. The van der Waals surface area contributed by atoms with Crippen LogP contribution in [0, 0.1) is 5.82 Å². The molecule has 0 aliphatic heterocycles. The number of aromatic nitrogens is 5. The second-order valence-electron chi connectivity index (χ2n) is 6.49. The summed E-state index contributed by atoms with van der Waals surface area (Å²) in [7, 11) is 1.54. The third-order valence-corrected chi connectivity index (χ3v) is 4.03. The van der Waals surface area contributed by atoms with E-state index in [-0.39, 0.29) is 36.6 Å². The molecule has 176 valence electrons. The number of nitrogens with one attached hydrogen (secondary N) is 3. The van der Waals surface area contributed by atoms with Crippen LogP contribution >= 0.6 is 0 Å². The Bertz CT molecular complexity index is 1100. The van der Waals surface area contributed by atoms with E-state index >= 15 is 0 Å². The van der Waals surface area contributed by atoms with E-state index in [1.807, 2.05) is 0 Å². The van der Waals surface area contributed by atoms with Crippen LogP contribution in [-0.4, -0.2) is 57.0 Å². The van der Waals surface area contributed by atoms with E-state index in [0.717, 1.165) is 10.9 Å². The molecule has 11 nitrogen and oxygen atoms in total. The van der Waals surface area contributed by atoms with Crippen molar-refractivity contribution in [2.75, 3.05) is 36.6 Å². The lowest BCUT2D eigenvalue weighted by Gasteiger charge is -2.10. The number of nitrogen functional groups attached to an aromatic ring is 1. The van der Waals surface area contributed by atoms with E-state index in [1.165, 1.54) is 0 Å². The van der Waals surface area contributed by atoms with Gasteiger partial charge in [0, 0.05) is 18.7 Å². The molecule has 1 aromatic carbocycles. The molecule has 5 N–H and O–H groups in total. The van der Waals surface area contributed by atoms with E-state index < -0.39 is 24.4 Å². The molecule has 0 spiro atoms.